The van der Waals surface area contributed by atoms with Crippen LogP contribution in [0, 0.1) is 12.8 Å². The molecular formula is C10H19N3O3S. The van der Waals surface area contributed by atoms with Crippen molar-refractivity contribution in [2.45, 2.75) is 39.3 Å². The Kier molecular flexibility index (Phi) is 4.67. The van der Waals surface area contributed by atoms with Crippen molar-refractivity contribution in [1.29, 1.82) is 0 Å². The highest BCUT2D eigenvalue weighted by molar-refractivity contribution is 7.89. The molecule has 0 atom stereocenters. The Labute approximate surface area is 102 Å². The average molecular weight is 261 g/mol. The van der Waals surface area contributed by atoms with Gasteiger partial charge in [-0.25, -0.2) is 13.4 Å². The maximum Gasteiger partial charge on any atom is 0.281 e. The molecule has 1 heterocycles. The van der Waals surface area contributed by atoms with E-state index in [9.17, 15) is 8.42 Å². The van der Waals surface area contributed by atoms with Gasteiger partial charge in [-0.2, -0.15) is 0 Å². The monoisotopic (exact) mass is 261 g/mol. The summed E-state index contributed by atoms with van der Waals surface area (Å²) in [6, 6.07) is 0. The molecule has 98 valence electrons. The lowest BCUT2D eigenvalue weighted by Crippen LogP contribution is -2.26. The largest absolute Gasteiger partial charge is 0.334 e. The molecule has 0 saturated heterocycles. The number of nitrogens with zero attached hydrogens (tertiary/aromatic N) is 2. The maximum absolute atomic E-state index is 11.8. The van der Waals surface area contributed by atoms with Gasteiger partial charge in [0.1, 0.15) is 5.82 Å². The summed E-state index contributed by atoms with van der Waals surface area (Å²) in [6.07, 6.45) is 1.50. The van der Waals surface area contributed by atoms with E-state index >= 15 is 0 Å². The fraction of sp³-hybridized carbons (Fsp3) is 0.700. The Bertz CT molecular complexity index is 465. The van der Waals surface area contributed by atoms with Crippen LogP contribution in [0.1, 0.15) is 26.6 Å². The number of hydrogen-bond acceptors (Lipinski definition) is 4. The van der Waals surface area contributed by atoms with Crippen molar-refractivity contribution in [2.24, 2.45) is 5.92 Å². The molecule has 1 aromatic rings. The zero-order valence-electron chi connectivity index (χ0n) is 10.6. The average Bonchev–Trinajstić information content (AvgIpc) is 2.59. The predicted molar refractivity (Wildman–Crippen MR) is 63.7 cm³/mol. The molecule has 1 N–H and O–H groups in total. The van der Waals surface area contributed by atoms with Crippen molar-refractivity contribution in [1.82, 2.24) is 14.4 Å². The van der Waals surface area contributed by atoms with Crippen molar-refractivity contribution in [3.8, 4) is 0 Å². The van der Waals surface area contributed by atoms with E-state index in [0.717, 1.165) is 0 Å². The Morgan fingerprint density at radius 3 is 2.65 bits per heavy atom. The number of nitrogens with one attached hydrogen (secondary N) is 1. The molecule has 0 amide bonds. The summed E-state index contributed by atoms with van der Waals surface area (Å²) in [5.74, 6) is 0.921. The number of aromatic nitrogens is 2. The van der Waals surface area contributed by atoms with Gasteiger partial charge in [-0.3, -0.25) is 4.84 Å². The van der Waals surface area contributed by atoms with E-state index in [-0.39, 0.29) is 10.9 Å². The minimum absolute atomic E-state index is 0.0133. The standard InChI is InChI=1S/C10H19N3O3S/c1-5-13-6-10(11-9(13)4)17(14,15)12-16-7-8(2)3/h6,8,12H,5,7H2,1-4H3. The highest BCUT2D eigenvalue weighted by Gasteiger charge is 2.19. The fourth-order valence-corrected chi connectivity index (χ4v) is 2.08. The smallest absolute Gasteiger partial charge is 0.281 e. The van der Waals surface area contributed by atoms with Gasteiger partial charge in [0.15, 0.2) is 5.03 Å². The van der Waals surface area contributed by atoms with E-state index in [1.807, 2.05) is 20.8 Å². The molecule has 0 unspecified atom stereocenters. The normalized spacial score (nSPS) is 12.3. The quantitative estimate of drug-likeness (QED) is 0.778. The zero-order valence-corrected chi connectivity index (χ0v) is 11.4. The van der Waals surface area contributed by atoms with Crippen LogP contribution >= 0.6 is 0 Å². The van der Waals surface area contributed by atoms with Crippen LogP contribution in [-0.2, 0) is 21.4 Å². The second kappa shape index (κ2) is 5.61. The first kappa shape index (κ1) is 14.1. The molecule has 1 aromatic heterocycles. The van der Waals surface area contributed by atoms with Gasteiger partial charge in [0.05, 0.1) is 6.61 Å². The molecule has 0 aliphatic heterocycles. The van der Waals surface area contributed by atoms with Gasteiger partial charge >= 0.3 is 0 Å². The zero-order chi connectivity index (χ0) is 13.1. The molecule has 1 rings (SSSR count). The van der Waals surface area contributed by atoms with Gasteiger partial charge in [0.2, 0.25) is 0 Å². The molecule has 0 spiro atoms. The lowest BCUT2D eigenvalue weighted by molar-refractivity contribution is 0.0717. The van der Waals surface area contributed by atoms with Gasteiger partial charge in [0, 0.05) is 12.7 Å². The van der Waals surface area contributed by atoms with E-state index < -0.39 is 10.0 Å². The number of hydrogen-bond donors (Lipinski definition) is 1. The van der Waals surface area contributed by atoms with Crippen molar-refractivity contribution in [3.63, 3.8) is 0 Å². The van der Waals surface area contributed by atoms with Gasteiger partial charge < -0.3 is 4.57 Å². The third-order valence-electron chi connectivity index (χ3n) is 2.16. The Morgan fingerprint density at radius 2 is 2.18 bits per heavy atom. The van der Waals surface area contributed by atoms with Crippen LogP contribution in [-0.4, -0.2) is 24.6 Å². The molecule has 0 bridgehead atoms. The predicted octanol–water partition coefficient (Wildman–Crippen LogP) is 1.08. The lowest BCUT2D eigenvalue weighted by Gasteiger charge is -2.06. The molecule has 0 fully saturated rings. The Morgan fingerprint density at radius 1 is 1.53 bits per heavy atom. The van der Waals surface area contributed by atoms with Gasteiger partial charge in [-0.15, -0.1) is 0 Å². The number of rotatable bonds is 6. The first-order chi connectivity index (χ1) is 7.86. The minimum Gasteiger partial charge on any atom is -0.334 e. The summed E-state index contributed by atoms with van der Waals surface area (Å²) in [7, 11) is -3.67. The molecule has 6 nitrogen and oxygen atoms in total. The van der Waals surface area contributed by atoms with Crippen LogP contribution in [0.4, 0.5) is 0 Å². The fourth-order valence-electron chi connectivity index (χ4n) is 1.25. The van der Waals surface area contributed by atoms with E-state index in [4.69, 9.17) is 4.84 Å². The molecule has 0 saturated carbocycles. The summed E-state index contributed by atoms with van der Waals surface area (Å²) < 4.78 is 25.3. The Balaban J connectivity index is 2.75. The topological polar surface area (TPSA) is 73.2 Å². The van der Waals surface area contributed by atoms with E-state index in [2.05, 4.69) is 9.87 Å². The van der Waals surface area contributed by atoms with Crippen LogP contribution in [0.25, 0.3) is 0 Å². The first-order valence-corrected chi connectivity index (χ1v) is 7.02. The van der Waals surface area contributed by atoms with Crippen LogP contribution < -0.4 is 4.89 Å². The molecule has 0 aliphatic carbocycles. The van der Waals surface area contributed by atoms with Crippen molar-refractivity contribution < 1.29 is 13.3 Å². The second-order valence-electron chi connectivity index (χ2n) is 4.20. The van der Waals surface area contributed by atoms with Crippen molar-refractivity contribution >= 4 is 10.0 Å². The lowest BCUT2D eigenvalue weighted by atomic mass is 10.2. The number of imidazole rings is 1. The molecule has 0 aliphatic rings. The number of sulfonamides is 1. The first-order valence-electron chi connectivity index (χ1n) is 5.54. The minimum atomic E-state index is -3.67. The van der Waals surface area contributed by atoms with Crippen molar-refractivity contribution in [2.75, 3.05) is 6.61 Å². The van der Waals surface area contributed by atoms with Crippen molar-refractivity contribution in [3.05, 3.63) is 12.0 Å². The molecule has 0 aromatic carbocycles. The number of aryl methyl sites for hydroxylation is 2. The SMILES string of the molecule is CCn1cc(S(=O)(=O)NOCC(C)C)nc1C. The highest BCUT2D eigenvalue weighted by Crippen LogP contribution is 2.08. The van der Waals surface area contributed by atoms with E-state index in [1.165, 1.54) is 6.20 Å². The van der Waals surface area contributed by atoms with Gasteiger partial charge in [-0.1, -0.05) is 18.7 Å². The summed E-state index contributed by atoms with van der Waals surface area (Å²) in [5, 5.41) is -0.0133. The summed E-state index contributed by atoms with van der Waals surface area (Å²) in [4.78, 5) is 11.0. The molecule has 7 heteroatoms. The van der Waals surface area contributed by atoms with Crippen LogP contribution in [0.2, 0.25) is 0 Å². The van der Waals surface area contributed by atoms with Crippen LogP contribution in [0.5, 0.6) is 0 Å². The van der Waals surface area contributed by atoms with Gasteiger partial charge in [-0.05, 0) is 19.8 Å². The van der Waals surface area contributed by atoms with Crippen LogP contribution in [0.15, 0.2) is 11.2 Å². The maximum atomic E-state index is 11.8. The molecule has 0 radical (unpaired) electrons. The third-order valence-corrected chi connectivity index (χ3v) is 3.24. The third kappa shape index (κ3) is 3.79. The van der Waals surface area contributed by atoms with E-state index in [1.54, 1.807) is 11.5 Å². The summed E-state index contributed by atoms with van der Waals surface area (Å²) in [5.41, 5.74) is 0. The molecular weight excluding hydrogens is 242 g/mol. The Hall–Kier alpha value is -0.920. The van der Waals surface area contributed by atoms with Crippen LogP contribution in [0.3, 0.4) is 0 Å². The highest BCUT2D eigenvalue weighted by atomic mass is 32.2. The second-order valence-corrected chi connectivity index (χ2v) is 5.80. The van der Waals surface area contributed by atoms with Gasteiger partial charge in [0.25, 0.3) is 10.0 Å². The molecule has 17 heavy (non-hydrogen) atoms. The summed E-state index contributed by atoms with van der Waals surface area (Å²) >= 11 is 0. The van der Waals surface area contributed by atoms with E-state index in [0.29, 0.717) is 19.0 Å². The summed E-state index contributed by atoms with van der Waals surface area (Å²) in [6.45, 7) is 8.56.